The first-order chi connectivity index (χ1) is 14.5. The molecular formula is C20H18N6O4Pd. The van der Waals surface area contributed by atoms with Gasteiger partial charge < -0.3 is 29.8 Å². The minimum absolute atomic E-state index is 0. The molecule has 1 aromatic carbocycles. The monoisotopic (exact) mass is 512 g/mol. The van der Waals surface area contributed by atoms with Gasteiger partial charge in [-0.25, -0.2) is 9.97 Å². The molecule has 2 atom stereocenters. The van der Waals surface area contributed by atoms with Crippen molar-refractivity contribution in [3.05, 3.63) is 71.8 Å². The van der Waals surface area contributed by atoms with Gasteiger partial charge in [-0.3, -0.25) is 9.98 Å². The van der Waals surface area contributed by atoms with Crippen LogP contribution >= 0.6 is 0 Å². The van der Waals surface area contributed by atoms with Crippen molar-refractivity contribution in [2.24, 2.45) is 9.98 Å². The third-order valence-electron chi connectivity index (χ3n) is 4.26. The van der Waals surface area contributed by atoms with E-state index in [0.717, 1.165) is 0 Å². The van der Waals surface area contributed by atoms with Crippen molar-refractivity contribution < 1.29 is 40.2 Å². The number of aromatic nitrogens is 4. The molecule has 0 fully saturated rings. The van der Waals surface area contributed by atoms with Crippen molar-refractivity contribution in [2.75, 3.05) is 0 Å². The molecule has 0 aliphatic heterocycles. The summed E-state index contributed by atoms with van der Waals surface area (Å²) in [6.07, 6.45) is 8.96. The van der Waals surface area contributed by atoms with Crippen LogP contribution in [0.25, 0.3) is 0 Å². The zero-order valence-electron chi connectivity index (χ0n) is 16.1. The van der Waals surface area contributed by atoms with E-state index >= 15 is 0 Å². The molecule has 0 aliphatic carbocycles. The zero-order valence-corrected chi connectivity index (χ0v) is 17.6. The first-order valence-electron chi connectivity index (χ1n) is 9.04. The van der Waals surface area contributed by atoms with Gasteiger partial charge in [-0.1, -0.05) is 24.3 Å². The second kappa shape index (κ2) is 11.7. The molecule has 162 valence electrons. The Morgan fingerprint density at radius 2 is 1.29 bits per heavy atom. The average Bonchev–Trinajstić information content (AvgIpc) is 3.42. The molecule has 11 heteroatoms. The maximum atomic E-state index is 11.4. The van der Waals surface area contributed by atoms with Crippen LogP contribution in [0.3, 0.4) is 0 Å². The number of imidazole rings is 2. The molecule has 2 heterocycles. The SMILES string of the molecule is O=C([O-])[C@H](Cc1cnc[nH]1)N=Cc1ccccc1C=N[C@@H](Cc1cnc[nH]1)C(=O)[O-].[Pd+2]. The van der Waals surface area contributed by atoms with Gasteiger partial charge in [-0.2, -0.15) is 0 Å². The molecule has 0 bridgehead atoms. The van der Waals surface area contributed by atoms with E-state index in [-0.39, 0.29) is 33.3 Å². The van der Waals surface area contributed by atoms with Gasteiger partial charge in [0.05, 0.1) is 36.7 Å². The number of hydrogen-bond acceptors (Lipinski definition) is 8. The van der Waals surface area contributed by atoms with Crippen LogP contribution in [0.4, 0.5) is 0 Å². The maximum Gasteiger partial charge on any atom is 2.00 e. The number of H-pyrrole nitrogens is 2. The second-order valence-corrected chi connectivity index (χ2v) is 6.42. The predicted molar refractivity (Wildman–Crippen MR) is 104 cm³/mol. The number of aromatic amines is 2. The molecule has 0 unspecified atom stereocenters. The Hall–Kier alpha value is -3.42. The number of rotatable bonds is 10. The van der Waals surface area contributed by atoms with Gasteiger partial charge in [0.25, 0.3) is 0 Å². The number of nitrogens with zero attached hydrogens (tertiary/aromatic N) is 4. The van der Waals surface area contributed by atoms with Gasteiger partial charge in [-0.05, 0) is 0 Å². The molecule has 0 aliphatic rings. The van der Waals surface area contributed by atoms with E-state index in [0.29, 0.717) is 22.5 Å². The molecule has 0 amide bonds. The Balaban J connectivity index is 0.00000341. The summed E-state index contributed by atoms with van der Waals surface area (Å²) in [7, 11) is 0. The maximum absolute atomic E-state index is 11.4. The standard InChI is InChI=1S/C20H20N6O4.Pd/c27-19(28)17(5-15-9-21-11-25-15)23-7-13-3-1-2-4-14(13)8-24-18(20(29)30)6-16-10-22-12-26-16;/h1-4,7-12,17-18H,5-6H2,(H,21,25)(H,22,26)(H,27,28)(H,29,30);/q;+2/p-2/t17-,18-;/m0./s1. The van der Waals surface area contributed by atoms with Crippen LogP contribution in [0.2, 0.25) is 0 Å². The van der Waals surface area contributed by atoms with Gasteiger partial charge in [0.15, 0.2) is 0 Å². The summed E-state index contributed by atoms with van der Waals surface area (Å²) in [5, 5.41) is 22.8. The van der Waals surface area contributed by atoms with Gasteiger partial charge >= 0.3 is 20.4 Å². The molecule has 0 saturated heterocycles. The smallest absolute Gasteiger partial charge is 0.548 e. The zero-order chi connectivity index (χ0) is 21.3. The molecule has 0 spiro atoms. The topological polar surface area (TPSA) is 162 Å². The number of aliphatic imine (C=N–C) groups is 2. The van der Waals surface area contributed by atoms with E-state index in [1.807, 2.05) is 0 Å². The Kier molecular flexibility index (Phi) is 8.99. The fourth-order valence-corrected chi connectivity index (χ4v) is 2.69. The van der Waals surface area contributed by atoms with Crippen LogP contribution in [0.1, 0.15) is 22.5 Å². The molecular weight excluding hydrogens is 495 g/mol. The van der Waals surface area contributed by atoms with Crippen LogP contribution in [0.5, 0.6) is 0 Å². The summed E-state index contributed by atoms with van der Waals surface area (Å²) in [6, 6.07) is 4.73. The molecule has 0 saturated carbocycles. The largest absolute Gasteiger partial charge is 2.00 e. The summed E-state index contributed by atoms with van der Waals surface area (Å²) >= 11 is 0. The Morgan fingerprint density at radius 1 is 0.871 bits per heavy atom. The fourth-order valence-electron chi connectivity index (χ4n) is 2.69. The van der Waals surface area contributed by atoms with E-state index < -0.39 is 24.0 Å². The predicted octanol–water partition coefficient (Wildman–Crippen LogP) is -1.31. The number of nitrogens with one attached hydrogen (secondary N) is 2. The van der Waals surface area contributed by atoms with Crippen molar-refractivity contribution in [1.82, 2.24) is 19.9 Å². The Bertz CT molecular complexity index is 951. The third kappa shape index (κ3) is 7.09. The van der Waals surface area contributed by atoms with Gasteiger partial charge in [0, 0.05) is 60.2 Å². The van der Waals surface area contributed by atoms with Gasteiger partial charge in [0.1, 0.15) is 0 Å². The summed E-state index contributed by atoms with van der Waals surface area (Å²) < 4.78 is 0. The van der Waals surface area contributed by atoms with E-state index in [2.05, 4.69) is 29.9 Å². The molecule has 0 radical (unpaired) electrons. The molecule has 2 aromatic heterocycles. The van der Waals surface area contributed by atoms with Crippen LogP contribution in [-0.2, 0) is 42.9 Å². The number of hydrogen-bond donors (Lipinski definition) is 2. The van der Waals surface area contributed by atoms with E-state index in [4.69, 9.17) is 0 Å². The van der Waals surface area contributed by atoms with Crippen molar-refractivity contribution in [1.29, 1.82) is 0 Å². The Labute approximate surface area is 191 Å². The van der Waals surface area contributed by atoms with E-state index in [9.17, 15) is 19.8 Å². The average molecular weight is 513 g/mol. The number of carbonyl (C=O) groups is 2. The van der Waals surface area contributed by atoms with Crippen molar-refractivity contribution in [3.63, 3.8) is 0 Å². The molecule has 31 heavy (non-hydrogen) atoms. The number of aliphatic carboxylic acids is 2. The summed E-state index contributed by atoms with van der Waals surface area (Å²) in [6.45, 7) is 0. The first kappa shape index (κ1) is 23.9. The third-order valence-corrected chi connectivity index (χ3v) is 4.26. The number of carboxylic acid groups (broad SMARTS) is 2. The van der Waals surface area contributed by atoms with Gasteiger partial charge in [0.2, 0.25) is 0 Å². The van der Waals surface area contributed by atoms with Crippen LogP contribution in [0.15, 0.2) is 59.3 Å². The van der Waals surface area contributed by atoms with Crippen molar-refractivity contribution in [2.45, 2.75) is 24.9 Å². The molecule has 10 nitrogen and oxygen atoms in total. The van der Waals surface area contributed by atoms with Crippen LogP contribution in [-0.4, -0.2) is 56.4 Å². The molecule has 3 rings (SSSR count). The second-order valence-electron chi connectivity index (χ2n) is 6.42. The van der Waals surface area contributed by atoms with Crippen molar-refractivity contribution in [3.8, 4) is 0 Å². The van der Waals surface area contributed by atoms with Crippen LogP contribution < -0.4 is 10.2 Å². The summed E-state index contributed by atoms with van der Waals surface area (Å²) in [5.41, 5.74) is 2.39. The molecule has 2 N–H and O–H groups in total. The minimum Gasteiger partial charge on any atom is -0.548 e. The van der Waals surface area contributed by atoms with E-state index in [1.54, 1.807) is 24.3 Å². The van der Waals surface area contributed by atoms with Gasteiger partial charge in [-0.15, -0.1) is 0 Å². The minimum atomic E-state index is -1.32. The Morgan fingerprint density at radius 3 is 1.61 bits per heavy atom. The summed E-state index contributed by atoms with van der Waals surface area (Å²) in [5.74, 6) is -2.63. The number of carbonyl (C=O) groups excluding carboxylic acids is 2. The summed E-state index contributed by atoms with van der Waals surface area (Å²) in [4.78, 5) is 44.4. The van der Waals surface area contributed by atoms with Crippen molar-refractivity contribution >= 4 is 24.4 Å². The normalized spacial score (nSPS) is 13.2. The quantitative estimate of drug-likeness (QED) is 0.253. The number of benzene rings is 1. The van der Waals surface area contributed by atoms with Crippen LogP contribution in [0, 0.1) is 0 Å². The van der Waals surface area contributed by atoms with E-state index in [1.165, 1.54) is 37.5 Å². The fraction of sp³-hybridized carbons (Fsp3) is 0.200. The number of carboxylic acids is 2. The first-order valence-corrected chi connectivity index (χ1v) is 9.04. The molecule has 3 aromatic rings.